The Morgan fingerprint density at radius 3 is 2.57 bits per heavy atom. The van der Waals surface area contributed by atoms with Crippen LogP contribution >= 0.6 is 0 Å². The summed E-state index contributed by atoms with van der Waals surface area (Å²) in [6.45, 7) is 0. The smallest absolute Gasteiger partial charge is 0.239 e. The quantitative estimate of drug-likeness (QED) is 0.595. The van der Waals surface area contributed by atoms with Gasteiger partial charge in [0.25, 0.3) is 0 Å². The predicted molar refractivity (Wildman–Crippen MR) is 82.6 cm³/mol. The Labute approximate surface area is 123 Å². The zero-order valence-electron chi connectivity index (χ0n) is 11.8. The lowest BCUT2D eigenvalue weighted by Crippen LogP contribution is -2.16. The van der Waals surface area contributed by atoms with Crippen molar-refractivity contribution in [3.05, 3.63) is 24.3 Å². The average Bonchev–Trinajstić information content (AvgIpc) is 2.92. The van der Waals surface area contributed by atoms with E-state index in [1.807, 2.05) is 18.2 Å². The molecule has 0 spiro atoms. The Morgan fingerprint density at radius 2 is 1.81 bits per heavy atom. The highest BCUT2D eigenvalue weighted by Gasteiger charge is 2.65. The molecule has 1 heterocycles. The average molecular weight is 281 g/mol. The molecule has 5 rings (SSSR count). The first kappa shape index (κ1) is 11.7. The van der Waals surface area contributed by atoms with Crippen molar-refractivity contribution in [1.82, 2.24) is 9.97 Å². The van der Waals surface area contributed by atoms with E-state index in [0.29, 0.717) is 12.0 Å². The van der Waals surface area contributed by atoms with Crippen LogP contribution in [0.15, 0.2) is 24.3 Å². The molecule has 0 amide bonds. The van der Waals surface area contributed by atoms with E-state index in [2.05, 4.69) is 26.8 Å². The first-order chi connectivity index (χ1) is 10.3. The maximum Gasteiger partial charge on any atom is 0.239 e. The molecule has 108 valence electrons. The van der Waals surface area contributed by atoms with Crippen molar-refractivity contribution in [2.24, 2.45) is 29.5 Å². The minimum Gasteiger partial charge on any atom is -0.366 e. The number of para-hydroxylation sites is 1. The normalized spacial score (nSPS) is 35.8. The number of benzene rings is 1. The van der Waals surface area contributed by atoms with Crippen LogP contribution in [0.2, 0.25) is 0 Å². The number of nitrogen functional groups attached to an aromatic ring is 1. The molecule has 3 aliphatic rings. The summed E-state index contributed by atoms with van der Waals surface area (Å²) in [6.07, 6.45) is 4.34. The van der Waals surface area contributed by atoms with Crippen molar-refractivity contribution in [3.63, 3.8) is 0 Å². The Morgan fingerprint density at radius 1 is 1.05 bits per heavy atom. The lowest BCUT2D eigenvalue weighted by molar-refractivity contribution is 0.456. The summed E-state index contributed by atoms with van der Waals surface area (Å²) in [6, 6.07) is 8.71. The second-order valence-corrected chi connectivity index (χ2v) is 6.72. The molecule has 4 unspecified atom stereocenters. The number of hydrogen-bond donors (Lipinski definition) is 3. The number of hydrazine groups is 1. The number of aromatic nitrogens is 2. The first-order valence-corrected chi connectivity index (χ1v) is 7.85. The zero-order valence-corrected chi connectivity index (χ0v) is 11.8. The van der Waals surface area contributed by atoms with Crippen molar-refractivity contribution < 1.29 is 0 Å². The predicted octanol–water partition coefficient (Wildman–Crippen LogP) is 2.37. The van der Waals surface area contributed by atoms with Crippen molar-refractivity contribution in [1.29, 1.82) is 0 Å². The van der Waals surface area contributed by atoms with Gasteiger partial charge in [0.15, 0.2) is 0 Å². The molecule has 3 aliphatic carbocycles. The lowest BCUT2D eigenvalue weighted by Gasteiger charge is -2.13. The highest BCUT2D eigenvalue weighted by atomic mass is 15.3. The minimum absolute atomic E-state index is 0.477. The van der Waals surface area contributed by atoms with E-state index in [1.54, 1.807) is 0 Å². The van der Waals surface area contributed by atoms with Gasteiger partial charge in [-0.2, -0.15) is 4.98 Å². The van der Waals surface area contributed by atoms with E-state index in [0.717, 1.165) is 40.4 Å². The van der Waals surface area contributed by atoms with E-state index < -0.39 is 0 Å². The molecule has 3 saturated carbocycles. The summed E-state index contributed by atoms with van der Waals surface area (Å²) in [5.74, 6) is 10.6. The fourth-order valence-electron chi connectivity index (χ4n) is 4.93. The third-order valence-corrected chi connectivity index (χ3v) is 5.77. The third kappa shape index (κ3) is 1.61. The van der Waals surface area contributed by atoms with Crippen LogP contribution in [0.25, 0.3) is 10.9 Å². The van der Waals surface area contributed by atoms with Crippen LogP contribution < -0.4 is 16.6 Å². The van der Waals surface area contributed by atoms with Crippen LogP contribution in [0.5, 0.6) is 0 Å². The molecule has 5 nitrogen and oxygen atoms in total. The van der Waals surface area contributed by atoms with Crippen LogP contribution in [0.4, 0.5) is 11.8 Å². The molecule has 2 bridgehead atoms. The van der Waals surface area contributed by atoms with E-state index in [9.17, 15) is 0 Å². The van der Waals surface area contributed by atoms with E-state index in [-0.39, 0.29) is 0 Å². The highest BCUT2D eigenvalue weighted by molar-refractivity contribution is 5.90. The van der Waals surface area contributed by atoms with Gasteiger partial charge in [-0.1, -0.05) is 12.1 Å². The SMILES string of the molecule is NNc1nc(NC2C3C4CCC(C4)C23)c2ccccc2n1. The van der Waals surface area contributed by atoms with Gasteiger partial charge in [0.05, 0.1) is 5.52 Å². The molecule has 3 fully saturated rings. The Hall–Kier alpha value is -1.88. The molecule has 1 aromatic heterocycles. The van der Waals surface area contributed by atoms with E-state index in [1.165, 1.54) is 19.3 Å². The number of nitrogens with zero attached hydrogens (tertiary/aromatic N) is 2. The first-order valence-electron chi connectivity index (χ1n) is 7.85. The summed E-state index contributed by atoms with van der Waals surface area (Å²) < 4.78 is 0. The summed E-state index contributed by atoms with van der Waals surface area (Å²) >= 11 is 0. The monoisotopic (exact) mass is 281 g/mol. The van der Waals surface area contributed by atoms with Gasteiger partial charge in [-0.3, -0.25) is 5.43 Å². The molecular formula is C16H19N5. The van der Waals surface area contributed by atoms with Gasteiger partial charge in [0.2, 0.25) is 5.95 Å². The number of hydrogen-bond acceptors (Lipinski definition) is 5. The molecule has 4 atom stereocenters. The minimum atomic E-state index is 0.477. The number of nitrogens with one attached hydrogen (secondary N) is 2. The van der Waals surface area contributed by atoms with Crippen molar-refractivity contribution in [2.45, 2.75) is 25.3 Å². The Balaban J connectivity index is 1.50. The lowest BCUT2D eigenvalue weighted by atomic mass is 10.0. The summed E-state index contributed by atoms with van der Waals surface area (Å²) in [5, 5.41) is 4.77. The fourth-order valence-corrected chi connectivity index (χ4v) is 4.93. The second-order valence-electron chi connectivity index (χ2n) is 6.72. The van der Waals surface area contributed by atoms with Crippen LogP contribution in [-0.2, 0) is 0 Å². The van der Waals surface area contributed by atoms with Crippen molar-refractivity contribution in [3.8, 4) is 0 Å². The molecule has 0 radical (unpaired) electrons. The number of rotatable bonds is 3. The van der Waals surface area contributed by atoms with Gasteiger partial charge >= 0.3 is 0 Å². The Kier molecular flexibility index (Phi) is 2.28. The molecule has 0 saturated heterocycles. The number of anilines is 2. The summed E-state index contributed by atoms with van der Waals surface area (Å²) in [7, 11) is 0. The number of nitrogens with two attached hydrogens (primary N) is 1. The summed E-state index contributed by atoms with van der Waals surface area (Å²) in [5.41, 5.74) is 3.50. The van der Waals surface area contributed by atoms with Crippen LogP contribution in [0, 0.1) is 23.7 Å². The van der Waals surface area contributed by atoms with Crippen molar-refractivity contribution >= 4 is 22.7 Å². The van der Waals surface area contributed by atoms with Gasteiger partial charge in [-0.25, -0.2) is 10.8 Å². The largest absolute Gasteiger partial charge is 0.366 e. The molecular weight excluding hydrogens is 262 g/mol. The van der Waals surface area contributed by atoms with Gasteiger partial charge in [-0.05, 0) is 55.1 Å². The van der Waals surface area contributed by atoms with Crippen LogP contribution in [0.3, 0.4) is 0 Å². The second kappa shape index (κ2) is 4.07. The molecule has 1 aromatic carbocycles. The van der Waals surface area contributed by atoms with Crippen LogP contribution in [0.1, 0.15) is 19.3 Å². The molecule has 21 heavy (non-hydrogen) atoms. The molecule has 0 aliphatic heterocycles. The highest BCUT2D eigenvalue weighted by Crippen LogP contribution is 2.66. The summed E-state index contributed by atoms with van der Waals surface area (Å²) in [4.78, 5) is 8.95. The topological polar surface area (TPSA) is 75.9 Å². The third-order valence-electron chi connectivity index (χ3n) is 5.77. The standard InChI is InChI=1S/C16H19N5/c17-21-16-18-11-4-2-1-3-10(11)15(20-16)19-14-12-8-5-6-9(7-8)13(12)14/h1-4,8-9,12-14H,5-7,17H2,(H2,18,19,20,21). The molecule has 2 aromatic rings. The molecule has 4 N–H and O–H groups in total. The zero-order chi connectivity index (χ0) is 14.0. The van der Waals surface area contributed by atoms with E-state index >= 15 is 0 Å². The molecule has 5 heteroatoms. The number of fused-ring (bicyclic) bond motifs is 6. The van der Waals surface area contributed by atoms with Gasteiger partial charge in [0.1, 0.15) is 5.82 Å². The fraction of sp³-hybridized carbons (Fsp3) is 0.500. The Bertz CT molecular complexity index is 699. The van der Waals surface area contributed by atoms with Gasteiger partial charge in [-0.15, -0.1) is 0 Å². The van der Waals surface area contributed by atoms with Gasteiger partial charge < -0.3 is 5.32 Å². The van der Waals surface area contributed by atoms with Gasteiger partial charge in [0, 0.05) is 11.4 Å². The van der Waals surface area contributed by atoms with E-state index in [4.69, 9.17) is 5.84 Å². The maximum absolute atomic E-state index is 5.50. The maximum atomic E-state index is 5.50. The van der Waals surface area contributed by atoms with Crippen molar-refractivity contribution in [2.75, 3.05) is 10.7 Å². The van der Waals surface area contributed by atoms with Crippen LogP contribution in [-0.4, -0.2) is 16.0 Å².